The molecular formula is C30H33N3O4. The van der Waals surface area contributed by atoms with Gasteiger partial charge in [-0.2, -0.15) is 0 Å². The molecule has 37 heavy (non-hydrogen) atoms. The second-order valence-corrected chi connectivity index (χ2v) is 9.22. The monoisotopic (exact) mass is 499 g/mol. The van der Waals surface area contributed by atoms with E-state index in [9.17, 15) is 14.7 Å². The van der Waals surface area contributed by atoms with Crippen LogP contribution in [0.2, 0.25) is 0 Å². The van der Waals surface area contributed by atoms with Gasteiger partial charge in [-0.15, -0.1) is 0 Å². The van der Waals surface area contributed by atoms with Gasteiger partial charge in [0.2, 0.25) is 5.78 Å². The number of aryl methyl sites for hydroxylation is 1. The summed E-state index contributed by atoms with van der Waals surface area (Å²) in [7, 11) is 0. The van der Waals surface area contributed by atoms with Crippen LogP contribution in [0.1, 0.15) is 42.1 Å². The highest BCUT2D eigenvalue weighted by atomic mass is 16.5. The summed E-state index contributed by atoms with van der Waals surface area (Å²) in [6.07, 6.45) is 3.25. The molecule has 2 aromatic carbocycles. The minimum absolute atomic E-state index is 0.0232. The number of rotatable bonds is 10. The molecule has 1 saturated heterocycles. The highest BCUT2D eigenvalue weighted by molar-refractivity contribution is 6.46. The minimum atomic E-state index is -0.759. The van der Waals surface area contributed by atoms with Gasteiger partial charge in [-0.3, -0.25) is 14.6 Å². The summed E-state index contributed by atoms with van der Waals surface area (Å²) in [6.45, 7) is 9.35. The van der Waals surface area contributed by atoms with Crippen molar-refractivity contribution in [1.82, 2.24) is 9.88 Å². The van der Waals surface area contributed by atoms with Crippen molar-refractivity contribution < 1.29 is 24.3 Å². The van der Waals surface area contributed by atoms with E-state index in [-0.39, 0.29) is 5.57 Å². The zero-order valence-electron chi connectivity index (χ0n) is 21.6. The lowest BCUT2D eigenvalue weighted by atomic mass is 9.95. The summed E-state index contributed by atoms with van der Waals surface area (Å²) in [5.41, 5.74) is 2.80. The van der Waals surface area contributed by atoms with Crippen LogP contribution < -0.4 is 14.7 Å². The molecule has 1 fully saturated rings. The minimum Gasteiger partial charge on any atom is -0.872 e. The number of likely N-dealkylation sites (tertiary alicyclic amines) is 1. The third-order valence-electron chi connectivity index (χ3n) is 6.91. The molecule has 0 bridgehead atoms. The van der Waals surface area contributed by atoms with Gasteiger partial charge in [0.05, 0.1) is 32.2 Å². The van der Waals surface area contributed by atoms with E-state index in [1.165, 1.54) is 9.80 Å². The second kappa shape index (κ2) is 11.8. The molecule has 0 saturated carbocycles. The number of nitrogens with one attached hydrogen (secondary N) is 1. The van der Waals surface area contributed by atoms with Crippen molar-refractivity contribution >= 4 is 17.4 Å². The van der Waals surface area contributed by atoms with Gasteiger partial charge in [-0.1, -0.05) is 48.2 Å². The van der Waals surface area contributed by atoms with E-state index >= 15 is 0 Å². The van der Waals surface area contributed by atoms with Gasteiger partial charge < -0.3 is 19.6 Å². The van der Waals surface area contributed by atoms with Crippen LogP contribution in [0.3, 0.4) is 0 Å². The summed E-state index contributed by atoms with van der Waals surface area (Å²) >= 11 is 0. The van der Waals surface area contributed by atoms with Crippen LogP contribution in [-0.2, 0) is 16.2 Å². The number of aromatic nitrogens is 1. The average Bonchev–Trinajstić information content (AvgIpc) is 3.18. The zero-order chi connectivity index (χ0) is 26.4. The van der Waals surface area contributed by atoms with Crippen molar-refractivity contribution in [3.8, 4) is 5.75 Å². The SMILES string of the molecule is CC[NH+](CC)CCN1C(=O)C(=O)C(=C([O-])c2ccc(OCc3ccccc3)c(C)c2)C1c1cccnc1. The van der Waals surface area contributed by atoms with E-state index in [0.29, 0.717) is 36.6 Å². The maximum Gasteiger partial charge on any atom is 0.295 e. The number of ketones is 1. The zero-order valence-corrected chi connectivity index (χ0v) is 21.6. The number of benzene rings is 2. The molecular weight excluding hydrogens is 466 g/mol. The smallest absolute Gasteiger partial charge is 0.295 e. The van der Waals surface area contributed by atoms with Gasteiger partial charge in [0.15, 0.2) is 0 Å². The van der Waals surface area contributed by atoms with Gasteiger partial charge in [-0.25, -0.2) is 0 Å². The molecule has 192 valence electrons. The largest absolute Gasteiger partial charge is 0.872 e. The summed E-state index contributed by atoms with van der Waals surface area (Å²) in [5.74, 6) is -1.16. The maximum absolute atomic E-state index is 13.7. The lowest BCUT2D eigenvalue weighted by Crippen LogP contribution is -3.12. The number of hydrogen-bond donors (Lipinski definition) is 1. The first-order valence-electron chi connectivity index (χ1n) is 12.7. The van der Waals surface area contributed by atoms with Gasteiger partial charge in [0.1, 0.15) is 12.4 Å². The van der Waals surface area contributed by atoms with Crippen molar-refractivity contribution in [3.63, 3.8) is 0 Å². The number of carbonyl (C=O) groups excluding carboxylic acids is 2. The van der Waals surface area contributed by atoms with Crippen LogP contribution in [0.25, 0.3) is 5.76 Å². The Morgan fingerprint density at radius 2 is 1.81 bits per heavy atom. The van der Waals surface area contributed by atoms with Gasteiger partial charge in [0.25, 0.3) is 5.91 Å². The lowest BCUT2D eigenvalue weighted by molar-refractivity contribution is -0.895. The summed E-state index contributed by atoms with van der Waals surface area (Å²) in [5, 5.41) is 13.7. The van der Waals surface area contributed by atoms with Crippen molar-refractivity contribution in [2.24, 2.45) is 0 Å². The fraction of sp³-hybridized carbons (Fsp3) is 0.300. The molecule has 0 aliphatic carbocycles. The first-order chi connectivity index (χ1) is 17.9. The number of hydrogen-bond acceptors (Lipinski definition) is 5. The first-order valence-corrected chi connectivity index (χ1v) is 12.7. The quantitative estimate of drug-likeness (QED) is 0.262. The van der Waals surface area contributed by atoms with Crippen LogP contribution >= 0.6 is 0 Å². The normalized spacial score (nSPS) is 17.0. The van der Waals surface area contributed by atoms with Crippen molar-refractivity contribution in [2.45, 2.75) is 33.4 Å². The Hall–Kier alpha value is -3.97. The number of quaternary nitrogens is 1. The molecule has 7 heteroatoms. The van der Waals surface area contributed by atoms with Crippen LogP contribution in [0.5, 0.6) is 5.75 Å². The maximum atomic E-state index is 13.7. The van der Waals surface area contributed by atoms with E-state index in [0.717, 1.165) is 24.2 Å². The molecule has 3 aromatic rings. The molecule has 1 unspecified atom stereocenters. The predicted molar refractivity (Wildman–Crippen MR) is 139 cm³/mol. The van der Waals surface area contributed by atoms with Crippen molar-refractivity contribution in [2.75, 3.05) is 26.2 Å². The average molecular weight is 500 g/mol. The number of carbonyl (C=O) groups is 2. The topological polar surface area (TPSA) is 87.0 Å². The molecule has 0 radical (unpaired) electrons. The van der Waals surface area contributed by atoms with Gasteiger partial charge >= 0.3 is 0 Å². The first kappa shape index (κ1) is 26.1. The Morgan fingerprint density at radius 3 is 2.46 bits per heavy atom. The molecule has 2 heterocycles. The Kier molecular flexibility index (Phi) is 8.36. The number of amides is 1. The lowest BCUT2D eigenvalue weighted by Gasteiger charge is -2.28. The highest BCUT2D eigenvalue weighted by Crippen LogP contribution is 2.38. The van der Waals surface area contributed by atoms with E-state index in [4.69, 9.17) is 4.74 Å². The molecule has 7 nitrogen and oxygen atoms in total. The molecule has 1 N–H and O–H groups in total. The molecule has 1 aromatic heterocycles. The van der Waals surface area contributed by atoms with E-state index in [1.54, 1.807) is 42.7 Å². The number of pyridine rings is 1. The van der Waals surface area contributed by atoms with E-state index in [2.05, 4.69) is 18.8 Å². The van der Waals surface area contributed by atoms with E-state index < -0.39 is 23.5 Å². The number of nitrogens with zero attached hydrogens (tertiary/aromatic N) is 2. The molecule has 0 spiro atoms. The third kappa shape index (κ3) is 5.73. The molecule has 1 amide bonds. The third-order valence-corrected chi connectivity index (χ3v) is 6.91. The molecule has 1 aliphatic heterocycles. The summed E-state index contributed by atoms with van der Waals surface area (Å²) in [6, 6.07) is 17.7. The number of Topliss-reactive ketones (excluding diaryl/α,β-unsaturated/α-hetero) is 1. The van der Waals surface area contributed by atoms with Crippen LogP contribution in [0.15, 0.2) is 78.6 Å². The fourth-order valence-electron chi connectivity index (χ4n) is 4.71. The number of ether oxygens (including phenoxy) is 1. The van der Waals surface area contributed by atoms with Crippen LogP contribution in [0, 0.1) is 6.92 Å². The molecule has 1 atom stereocenters. The number of likely N-dealkylation sites (N-methyl/N-ethyl adjacent to an activating group) is 1. The van der Waals surface area contributed by atoms with Crippen LogP contribution in [0.4, 0.5) is 0 Å². The predicted octanol–water partition coefficient (Wildman–Crippen LogP) is 2.12. The Bertz CT molecular complexity index is 1270. The van der Waals surface area contributed by atoms with Crippen LogP contribution in [-0.4, -0.2) is 47.8 Å². The van der Waals surface area contributed by atoms with Gasteiger partial charge in [-0.05, 0) is 61.2 Å². The molecule has 4 rings (SSSR count). The fourth-order valence-corrected chi connectivity index (χ4v) is 4.71. The highest BCUT2D eigenvalue weighted by Gasteiger charge is 2.44. The Labute approximate surface area is 218 Å². The summed E-state index contributed by atoms with van der Waals surface area (Å²) in [4.78, 5) is 33.4. The van der Waals surface area contributed by atoms with E-state index in [1.807, 2.05) is 37.3 Å². The van der Waals surface area contributed by atoms with Crippen molar-refractivity contribution in [1.29, 1.82) is 0 Å². The molecule has 1 aliphatic rings. The Morgan fingerprint density at radius 1 is 1.05 bits per heavy atom. The van der Waals surface area contributed by atoms with Crippen molar-refractivity contribution in [3.05, 3.63) is 101 Å². The standard InChI is InChI=1S/C30H33N3O4/c1-4-32(5-2)16-17-33-27(24-12-9-15-31-19-24)26(29(35)30(33)36)28(34)23-13-14-25(21(3)18-23)37-20-22-10-7-6-8-11-22/h6-15,18-19,27,34H,4-5,16-17,20H2,1-3H3. The summed E-state index contributed by atoms with van der Waals surface area (Å²) < 4.78 is 5.95. The Balaban J connectivity index is 1.66. The van der Waals surface area contributed by atoms with Gasteiger partial charge in [0, 0.05) is 18.0 Å². The second-order valence-electron chi connectivity index (χ2n) is 9.22.